The monoisotopic (exact) mass is 225 g/mol. The third-order valence-corrected chi connectivity index (χ3v) is 3.56. The highest BCUT2D eigenvalue weighted by Crippen LogP contribution is 2.39. The lowest BCUT2D eigenvalue weighted by molar-refractivity contribution is -0.145. The van der Waals surface area contributed by atoms with Crippen LogP contribution in [0.4, 0.5) is 0 Å². The van der Waals surface area contributed by atoms with Crippen molar-refractivity contribution in [2.24, 2.45) is 17.0 Å². The molecule has 1 heterocycles. The summed E-state index contributed by atoms with van der Waals surface area (Å²) in [7, 11) is 1.45. The lowest BCUT2D eigenvalue weighted by Gasteiger charge is -2.08. The number of methoxy groups -OCH3 is 1. The lowest BCUT2D eigenvalue weighted by atomic mass is 9.95. The molecule has 1 fully saturated rings. The van der Waals surface area contributed by atoms with Crippen LogP contribution in [0.15, 0.2) is 5.16 Å². The van der Waals surface area contributed by atoms with Crippen LogP contribution in [0.3, 0.4) is 0 Å². The summed E-state index contributed by atoms with van der Waals surface area (Å²) in [4.78, 5) is 16.8. The molecule has 1 aliphatic heterocycles. The topological polar surface area (TPSA) is 47.9 Å². The molecular formula is C12H19NO3. The van der Waals surface area contributed by atoms with E-state index >= 15 is 0 Å². The van der Waals surface area contributed by atoms with E-state index in [-0.39, 0.29) is 18.0 Å². The van der Waals surface area contributed by atoms with Crippen molar-refractivity contribution in [1.29, 1.82) is 0 Å². The molecule has 0 unspecified atom stereocenters. The van der Waals surface area contributed by atoms with E-state index in [9.17, 15) is 4.79 Å². The van der Waals surface area contributed by atoms with Crippen LogP contribution >= 0.6 is 0 Å². The third-order valence-electron chi connectivity index (χ3n) is 3.56. The molecule has 4 nitrogen and oxygen atoms in total. The second kappa shape index (κ2) is 4.85. The second-order valence-corrected chi connectivity index (χ2v) is 4.63. The molecule has 2 aliphatic rings. The van der Waals surface area contributed by atoms with Crippen molar-refractivity contribution in [2.45, 2.75) is 45.1 Å². The first-order chi connectivity index (χ1) is 7.76. The number of carbonyl (C=O) groups is 1. The summed E-state index contributed by atoms with van der Waals surface area (Å²) in [6.07, 6.45) is 5.04. The first-order valence-electron chi connectivity index (χ1n) is 6.06. The van der Waals surface area contributed by atoms with E-state index < -0.39 is 0 Å². The zero-order valence-corrected chi connectivity index (χ0v) is 9.94. The Hall–Kier alpha value is -1.06. The summed E-state index contributed by atoms with van der Waals surface area (Å²) < 4.78 is 4.78. The number of fused-ring (bicyclic) bond motifs is 1. The maximum atomic E-state index is 11.4. The van der Waals surface area contributed by atoms with Gasteiger partial charge in [0.05, 0.1) is 18.7 Å². The van der Waals surface area contributed by atoms with Gasteiger partial charge >= 0.3 is 5.97 Å². The minimum Gasteiger partial charge on any atom is -0.469 e. The summed E-state index contributed by atoms with van der Waals surface area (Å²) in [6.45, 7) is 2.17. The minimum absolute atomic E-state index is 0.00660. The molecule has 0 radical (unpaired) electrons. The number of esters is 1. The van der Waals surface area contributed by atoms with Gasteiger partial charge in [-0.15, -0.1) is 0 Å². The first kappa shape index (κ1) is 11.4. The fraction of sp³-hybridized carbons (Fsp3) is 0.833. The van der Waals surface area contributed by atoms with Crippen LogP contribution in [0.5, 0.6) is 0 Å². The van der Waals surface area contributed by atoms with Crippen LogP contribution in [-0.4, -0.2) is 24.9 Å². The van der Waals surface area contributed by atoms with Crippen LogP contribution < -0.4 is 0 Å². The Labute approximate surface area is 96.0 Å². The smallest absolute Gasteiger partial charge is 0.308 e. The summed E-state index contributed by atoms with van der Waals surface area (Å²) in [5.41, 5.74) is 1.15. The molecule has 0 aromatic carbocycles. The van der Waals surface area contributed by atoms with E-state index in [1.165, 1.54) is 7.11 Å². The van der Waals surface area contributed by atoms with Crippen molar-refractivity contribution in [3.63, 3.8) is 0 Å². The number of ether oxygens (including phenoxy) is 1. The molecule has 4 heteroatoms. The molecule has 16 heavy (non-hydrogen) atoms. The fourth-order valence-electron chi connectivity index (χ4n) is 2.62. The standard InChI is InChI=1S/C12H19NO3/c1-3-4-5-10-9-6-8(12(14)15-2)7-11(9)16-13-10/h8-9,11H,3-7H2,1-2H3/t8-,9-,11-/m0/s1. The van der Waals surface area contributed by atoms with Crippen LogP contribution in [-0.2, 0) is 14.4 Å². The highest BCUT2D eigenvalue weighted by molar-refractivity contribution is 5.89. The number of hydrogen-bond donors (Lipinski definition) is 0. The van der Waals surface area contributed by atoms with Gasteiger partial charge in [0.25, 0.3) is 0 Å². The molecule has 0 saturated heterocycles. The highest BCUT2D eigenvalue weighted by atomic mass is 16.6. The Morgan fingerprint density at radius 2 is 2.38 bits per heavy atom. The largest absolute Gasteiger partial charge is 0.469 e. The molecule has 2 rings (SSSR count). The summed E-state index contributed by atoms with van der Waals surface area (Å²) >= 11 is 0. The molecule has 0 amide bonds. The number of oxime groups is 1. The van der Waals surface area contributed by atoms with Gasteiger partial charge in [-0.3, -0.25) is 4.79 Å². The van der Waals surface area contributed by atoms with Crippen molar-refractivity contribution in [3.8, 4) is 0 Å². The van der Waals surface area contributed by atoms with Crippen molar-refractivity contribution in [2.75, 3.05) is 7.11 Å². The van der Waals surface area contributed by atoms with Gasteiger partial charge in [-0.1, -0.05) is 18.5 Å². The predicted molar refractivity (Wildman–Crippen MR) is 60.1 cm³/mol. The quantitative estimate of drug-likeness (QED) is 0.689. The fourth-order valence-corrected chi connectivity index (χ4v) is 2.62. The van der Waals surface area contributed by atoms with E-state index in [0.717, 1.165) is 37.8 Å². The Balaban J connectivity index is 1.92. The van der Waals surface area contributed by atoms with Gasteiger partial charge < -0.3 is 9.57 Å². The maximum absolute atomic E-state index is 11.4. The number of carbonyl (C=O) groups excluding carboxylic acids is 1. The van der Waals surface area contributed by atoms with Crippen LogP contribution in [0.25, 0.3) is 0 Å². The summed E-state index contributed by atoms with van der Waals surface area (Å²) in [5.74, 6) is 0.260. The zero-order chi connectivity index (χ0) is 11.5. The lowest BCUT2D eigenvalue weighted by Crippen LogP contribution is -2.16. The van der Waals surface area contributed by atoms with Crippen molar-refractivity contribution in [3.05, 3.63) is 0 Å². The van der Waals surface area contributed by atoms with Gasteiger partial charge in [0.15, 0.2) is 0 Å². The molecule has 0 aromatic heterocycles. The molecular weight excluding hydrogens is 206 g/mol. The molecule has 1 aliphatic carbocycles. The Morgan fingerprint density at radius 1 is 1.56 bits per heavy atom. The Bertz CT molecular complexity index is 301. The van der Waals surface area contributed by atoms with Crippen molar-refractivity contribution >= 4 is 11.7 Å². The first-order valence-corrected chi connectivity index (χ1v) is 6.06. The number of unbranched alkanes of at least 4 members (excludes halogenated alkanes) is 1. The normalized spacial score (nSPS) is 31.9. The van der Waals surface area contributed by atoms with Gasteiger partial charge in [-0.25, -0.2) is 0 Å². The van der Waals surface area contributed by atoms with Gasteiger partial charge in [0.2, 0.25) is 0 Å². The van der Waals surface area contributed by atoms with Crippen molar-refractivity contribution in [1.82, 2.24) is 0 Å². The van der Waals surface area contributed by atoms with E-state index in [0.29, 0.717) is 5.92 Å². The minimum atomic E-state index is -0.104. The van der Waals surface area contributed by atoms with Gasteiger partial charge in [0, 0.05) is 12.3 Å². The van der Waals surface area contributed by atoms with E-state index in [1.54, 1.807) is 0 Å². The maximum Gasteiger partial charge on any atom is 0.308 e. The number of hydrogen-bond acceptors (Lipinski definition) is 4. The number of nitrogens with zero attached hydrogens (tertiary/aromatic N) is 1. The van der Waals surface area contributed by atoms with Crippen LogP contribution in [0, 0.1) is 11.8 Å². The van der Waals surface area contributed by atoms with E-state index in [1.807, 2.05) is 0 Å². The molecule has 0 aromatic rings. The van der Waals surface area contributed by atoms with E-state index in [4.69, 9.17) is 9.57 Å². The van der Waals surface area contributed by atoms with Crippen LogP contribution in [0.1, 0.15) is 39.0 Å². The SMILES string of the molecule is CCCCC1=NO[C@H]2C[C@@H](C(=O)OC)C[C@@H]12. The second-order valence-electron chi connectivity index (χ2n) is 4.63. The van der Waals surface area contributed by atoms with Crippen molar-refractivity contribution < 1.29 is 14.4 Å². The zero-order valence-electron chi connectivity index (χ0n) is 9.94. The van der Waals surface area contributed by atoms with E-state index in [2.05, 4.69) is 12.1 Å². The summed E-state index contributed by atoms with van der Waals surface area (Å²) in [5, 5.41) is 4.14. The third kappa shape index (κ3) is 2.06. The Kier molecular flexibility index (Phi) is 3.46. The van der Waals surface area contributed by atoms with Gasteiger partial charge in [-0.05, 0) is 19.3 Å². The highest BCUT2D eigenvalue weighted by Gasteiger charge is 2.45. The van der Waals surface area contributed by atoms with Crippen LogP contribution in [0.2, 0.25) is 0 Å². The molecule has 0 spiro atoms. The molecule has 0 bridgehead atoms. The molecule has 1 saturated carbocycles. The molecule has 3 atom stereocenters. The number of rotatable bonds is 4. The van der Waals surface area contributed by atoms with Gasteiger partial charge in [0.1, 0.15) is 6.10 Å². The molecule has 0 N–H and O–H groups in total. The van der Waals surface area contributed by atoms with Gasteiger partial charge in [-0.2, -0.15) is 0 Å². The average Bonchev–Trinajstić information content (AvgIpc) is 2.85. The Morgan fingerprint density at radius 3 is 3.06 bits per heavy atom. The summed E-state index contributed by atoms with van der Waals surface area (Å²) in [6, 6.07) is 0. The predicted octanol–water partition coefficient (Wildman–Crippen LogP) is 2.13. The average molecular weight is 225 g/mol. The molecule has 90 valence electrons.